The molecule has 0 bridgehead atoms. The minimum Gasteiger partial charge on any atom is -0.480 e. The maximum atomic E-state index is 10.1. The van der Waals surface area contributed by atoms with E-state index >= 15 is 0 Å². The Morgan fingerprint density at radius 1 is 1.11 bits per heavy atom. The molecule has 0 radical (unpaired) electrons. The van der Waals surface area contributed by atoms with Gasteiger partial charge in [0.1, 0.15) is 12.1 Å². The number of carbonyl (C=O) groups is 2. The van der Waals surface area contributed by atoms with Crippen LogP contribution in [0.15, 0.2) is 0 Å². The van der Waals surface area contributed by atoms with E-state index in [2.05, 4.69) is 0 Å². The van der Waals surface area contributed by atoms with E-state index in [1.807, 2.05) is 20.1 Å². The van der Waals surface area contributed by atoms with E-state index in [4.69, 9.17) is 21.7 Å². The standard InChI is InChI=1S/C6H13NO2.C5H11NO2S/c1-4(2)3-5(7)6(8)9;1-9-3-2-4(6)5(7)8/h4-5H,3,7H2,1-2H3,(H,8,9);4H,2-3,6H2,1H3,(H,7,8)/t5-;4-/m00/s1. The van der Waals surface area contributed by atoms with E-state index in [9.17, 15) is 9.59 Å². The van der Waals surface area contributed by atoms with Gasteiger partial charge in [-0.1, -0.05) is 13.8 Å². The average molecular weight is 280 g/mol. The molecular formula is C11H24N2O4S. The highest BCUT2D eigenvalue weighted by atomic mass is 32.2. The van der Waals surface area contributed by atoms with Gasteiger partial charge in [-0.2, -0.15) is 11.8 Å². The molecule has 0 spiro atoms. The van der Waals surface area contributed by atoms with E-state index in [0.717, 1.165) is 5.75 Å². The third-order valence-corrected chi connectivity index (χ3v) is 2.64. The molecule has 6 nitrogen and oxygen atoms in total. The number of hydrogen-bond donors (Lipinski definition) is 4. The van der Waals surface area contributed by atoms with Crippen molar-refractivity contribution >= 4 is 23.7 Å². The zero-order chi connectivity index (χ0) is 14.7. The molecule has 18 heavy (non-hydrogen) atoms. The van der Waals surface area contributed by atoms with Crippen LogP contribution in [-0.2, 0) is 9.59 Å². The maximum absolute atomic E-state index is 10.1. The molecule has 0 aliphatic heterocycles. The van der Waals surface area contributed by atoms with Crippen LogP contribution in [0.4, 0.5) is 0 Å². The van der Waals surface area contributed by atoms with Gasteiger partial charge in [0.05, 0.1) is 0 Å². The summed E-state index contributed by atoms with van der Waals surface area (Å²) in [6.45, 7) is 3.89. The second kappa shape index (κ2) is 11.3. The fourth-order valence-electron chi connectivity index (χ4n) is 0.977. The second-order valence-electron chi connectivity index (χ2n) is 4.30. The topological polar surface area (TPSA) is 127 Å². The first kappa shape index (κ1) is 19.5. The Kier molecular flexibility index (Phi) is 12.3. The summed E-state index contributed by atoms with van der Waals surface area (Å²) in [5.74, 6) is -0.656. The van der Waals surface area contributed by atoms with Crippen LogP contribution < -0.4 is 11.5 Å². The highest BCUT2D eigenvalue weighted by Gasteiger charge is 2.12. The molecule has 0 aromatic rings. The summed E-state index contributed by atoms with van der Waals surface area (Å²) in [7, 11) is 0. The number of carboxylic acids is 2. The third kappa shape index (κ3) is 13.3. The van der Waals surface area contributed by atoms with Crippen LogP contribution in [0.5, 0.6) is 0 Å². The average Bonchev–Trinajstić information content (AvgIpc) is 2.25. The molecule has 0 aromatic carbocycles. The number of rotatable bonds is 7. The molecule has 0 fully saturated rings. The van der Waals surface area contributed by atoms with E-state index in [-0.39, 0.29) is 0 Å². The molecule has 0 aliphatic rings. The van der Waals surface area contributed by atoms with Crippen LogP contribution in [-0.4, -0.2) is 46.2 Å². The number of aliphatic carboxylic acids is 2. The third-order valence-electron chi connectivity index (χ3n) is 1.99. The maximum Gasteiger partial charge on any atom is 0.320 e. The molecule has 0 saturated heterocycles. The number of nitrogens with two attached hydrogens (primary N) is 2. The highest BCUT2D eigenvalue weighted by Crippen LogP contribution is 2.01. The van der Waals surface area contributed by atoms with Crippen LogP contribution >= 0.6 is 11.8 Å². The first-order chi connectivity index (χ1) is 8.22. The van der Waals surface area contributed by atoms with Gasteiger partial charge in [0.25, 0.3) is 0 Å². The Morgan fingerprint density at radius 2 is 1.56 bits per heavy atom. The lowest BCUT2D eigenvalue weighted by atomic mass is 10.1. The second-order valence-corrected chi connectivity index (χ2v) is 5.29. The van der Waals surface area contributed by atoms with Crippen LogP contribution in [0.3, 0.4) is 0 Å². The van der Waals surface area contributed by atoms with E-state index in [0.29, 0.717) is 18.8 Å². The lowest BCUT2D eigenvalue weighted by Gasteiger charge is -2.07. The van der Waals surface area contributed by atoms with Gasteiger partial charge in [0, 0.05) is 0 Å². The first-order valence-corrected chi connectivity index (χ1v) is 7.07. The summed E-state index contributed by atoms with van der Waals surface area (Å²) in [5, 5.41) is 16.6. The Labute approximate surface area is 112 Å². The normalized spacial score (nSPS) is 13.4. The Balaban J connectivity index is 0. The molecule has 0 amide bonds. The van der Waals surface area contributed by atoms with Crippen molar-refractivity contribution in [2.24, 2.45) is 17.4 Å². The highest BCUT2D eigenvalue weighted by molar-refractivity contribution is 7.98. The predicted molar refractivity (Wildman–Crippen MR) is 73.7 cm³/mol. The molecule has 0 aliphatic carbocycles. The Bertz CT molecular complexity index is 249. The summed E-state index contributed by atoms with van der Waals surface area (Å²) >= 11 is 1.60. The van der Waals surface area contributed by atoms with Gasteiger partial charge in [-0.05, 0) is 30.8 Å². The molecule has 108 valence electrons. The van der Waals surface area contributed by atoms with Gasteiger partial charge in [-0.15, -0.1) is 0 Å². The Hall–Kier alpha value is -0.790. The molecule has 0 saturated carbocycles. The van der Waals surface area contributed by atoms with Crippen molar-refractivity contribution in [2.45, 2.75) is 38.8 Å². The lowest BCUT2D eigenvalue weighted by Crippen LogP contribution is -2.31. The fraction of sp³-hybridized carbons (Fsp3) is 0.818. The largest absolute Gasteiger partial charge is 0.480 e. The fourth-order valence-corrected chi connectivity index (χ4v) is 1.47. The van der Waals surface area contributed by atoms with Gasteiger partial charge < -0.3 is 21.7 Å². The van der Waals surface area contributed by atoms with E-state index < -0.39 is 24.0 Å². The number of hydrogen-bond acceptors (Lipinski definition) is 5. The summed E-state index contributed by atoms with van der Waals surface area (Å²) in [6.07, 6.45) is 3.03. The van der Waals surface area contributed by atoms with Crippen molar-refractivity contribution in [3.05, 3.63) is 0 Å². The van der Waals surface area contributed by atoms with Crippen LogP contribution in [0.25, 0.3) is 0 Å². The minimum absolute atomic E-state index is 0.357. The zero-order valence-corrected chi connectivity index (χ0v) is 11.9. The summed E-state index contributed by atoms with van der Waals surface area (Å²) in [5.41, 5.74) is 10.4. The molecular weight excluding hydrogens is 256 g/mol. The molecule has 6 N–H and O–H groups in total. The molecule has 0 heterocycles. The summed E-state index contributed by atoms with van der Waals surface area (Å²) < 4.78 is 0. The Morgan fingerprint density at radius 3 is 1.78 bits per heavy atom. The van der Waals surface area contributed by atoms with Crippen molar-refractivity contribution in [1.82, 2.24) is 0 Å². The first-order valence-electron chi connectivity index (χ1n) is 5.68. The van der Waals surface area contributed by atoms with Gasteiger partial charge in [0.15, 0.2) is 0 Å². The molecule has 2 atom stereocenters. The smallest absolute Gasteiger partial charge is 0.320 e. The number of carboxylic acid groups (broad SMARTS) is 2. The molecule has 7 heteroatoms. The predicted octanol–water partition coefficient (Wildman–Crippen LogP) is 0.596. The van der Waals surface area contributed by atoms with Gasteiger partial charge in [-0.3, -0.25) is 9.59 Å². The van der Waals surface area contributed by atoms with E-state index in [1.54, 1.807) is 11.8 Å². The van der Waals surface area contributed by atoms with Gasteiger partial charge in [0.2, 0.25) is 0 Å². The van der Waals surface area contributed by atoms with Crippen LogP contribution in [0, 0.1) is 5.92 Å². The summed E-state index contributed by atoms with van der Waals surface area (Å²) in [4.78, 5) is 20.2. The quantitative estimate of drug-likeness (QED) is 0.537. The minimum atomic E-state index is -0.913. The number of thioether (sulfide) groups is 1. The zero-order valence-electron chi connectivity index (χ0n) is 11.1. The van der Waals surface area contributed by atoms with Crippen molar-refractivity contribution in [3.8, 4) is 0 Å². The lowest BCUT2D eigenvalue weighted by molar-refractivity contribution is -0.139. The molecule has 0 unspecified atom stereocenters. The van der Waals surface area contributed by atoms with Gasteiger partial charge in [-0.25, -0.2) is 0 Å². The van der Waals surface area contributed by atoms with Crippen molar-refractivity contribution in [1.29, 1.82) is 0 Å². The monoisotopic (exact) mass is 280 g/mol. The van der Waals surface area contributed by atoms with Crippen LogP contribution in [0.1, 0.15) is 26.7 Å². The van der Waals surface area contributed by atoms with Crippen molar-refractivity contribution < 1.29 is 19.8 Å². The van der Waals surface area contributed by atoms with Gasteiger partial charge >= 0.3 is 11.9 Å². The van der Waals surface area contributed by atoms with Crippen molar-refractivity contribution in [3.63, 3.8) is 0 Å². The van der Waals surface area contributed by atoms with E-state index in [1.165, 1.54) is 0 Å². The van der Waals surface area contributed by atoms with Crippen molar-refractivity contribution in [2.75, 3.05) is 12.0 Å². The SMILES string of the molecule is CC(C)C[C@H](N)C(=O)O.CSCC[C@H](N)C(=O)O. The van der Waals surface area contributed by atoms with Crippen LogP contribution in [0.2, 0.25) is 0 Å². The molecule has 0 aromatic heterocycles. The molecule has 0 rings (SSSR count). The summed E-state index contributed by atoms with van der Waals surface area (Å²) in [6, 6.07) is -1.37.